The van der Waals surface area contributed by atoms with Crippen LogP contribution in [0.25, 0.3) is 22.3 Å². The number of sulfonamides is 1. The molecule has 0 unspecified atom stereocenters. The van der Waals surface area contributed by atoms with Gasteiger partial charge in [0, 0.05) is 50.0 Å². The predicted octanol–water partition coefficient (Wildman–Crippen LogP) is 6.65. The number of nitrogens with zero attached hydrogens (tertiary/aromatic N) is 5. The molecule has 0 spiro atoms. The smallest absolute Gasteiger partial charge is 0.416 e. The lowest BCUT2D eigenvalue weighted by Crippen LogP contribution is -2.51. The summed E-state index contributed by atoms with van der Waals surface area (Å²) in [6.45, 7) is 5.77. The van der Waals surface area contributed by atoms with Gasteiger partial charge in [-0.2, -0.15) is 22.8 Å². The first kappa shape index (κ1) is 43.5. The lowest BCUT2D eigenvalue weighted by atomic mass is 9.97. The van der Waals surface area contributed by atoms with Gasteiger partial charge in [0.25, 0.3) is 10.0 Å². The van der Waals surface area contributed by atoms with Crippen molar-refractivity contribution < 1.29 is 50.0 Å². The van der Waals surface area contributed by atoms with Crippen LogP contribution in [0.4, 0.5) is 18.3 Å². The van der Waals surface area contributed by atoms with Crippen molar-refractivity contribution in [2.75, 3.05) is 77.8 Å². The number of nitriles is 1. The Labute approximate surface area is 343 Å². The topological polar surface area (TPSA) is 167 Å². The Bertz CT molecular complexity index is 2290. The van der Waals surface area contributed by atoms with Gasteiger partial charge < -0.3 is 28.4 Å². The van der Waals surface area contributed by atoms with Crippen molar-refractivity contribution in [2.24, 2.45) is 0 Å². The molecular formula is C40H41F3N6O8S2. The lowest BCUT2D eigenvalue weighted by Gasteiger charge is -2.38. The summed E-state index contributed by atoms with van der Waals surface area (Å²) in [6, 6.07) is 19.4. The van der Waals surface area contributed by atoms with Gasteiger partial charge in [-0.1, -0.05) is 18.2 Å². The van der Waals surface area contributed by atoms with Crippen LogP contribution < -0.4 is 9.46 Å². The second-order valence-corrected chi connectivity index (χ2v) is 15.5. The highest BCUT2D eigenvalue weighted by molar-refractivity contribution is 7.93. The molecule has 1 aliphatic heterocycles. The van der Waals surface area contributed by atoms with Crippen LogP contribution in [-0.2, 0) is 46.4 Å². The number of alkyl halides is 3. The number of hydrogen-bond acceptors (Lipinski definition) is 14. The molecule has 312 valence electrons. The van der Waals surface area contributed by atoms with Crippen LogP contribution in [0.3, 0.4) is 0 Å². The molecule has 3 aromatic carbocycles. The van der Waals surface area contributed by atoms with Gasteiger partial charge in [-0.3, -0.25) is 14.6 Å². The molecule has 0 amide bonds. The van der Waals surface area contributed by atoms with Crippen molar-refractivity contribution in [3.63, 3.8) is 0 Å². The molecule has 1 N–H and O–H groups in total. The van der Waals surface area contributed by atoms with Crippen molar-refractivity contribution >= 4 is 26.7 Å². The summed E-state index contributed by atoms with van der Waals surface area (Å²) in [7, 11) is -2.48. The molecule has 0 atom stereocenters. The molecule has 1 saturated heterocycles. The first-order chi connectivity index (χ1) is 28.5. The molecule has 0 saturated carbocycles. The molecule has 59 heavy (non-hydrogen) atoms. The number of pyridine rings is 1. The summed E-state index contributed by atoms with van der Waals surface area (Å²) in [5.74, 6) is 0.338. The van der Waals surface area contributed by atoms with E-state index in [1.54, 1.807) is 43.6 Å². The molecule has 2 aromatic heterocycles. The highest BCUT2D eigenvalue weighted by atomic mass is 32.2. The summed E-state index contributed by atoms with van der Waals surface area (Å²) in [5.41, 5.74) is 1.87. The SMILES string of the molecule is COCCOCCOCCOCCOC1CN(Cc2cc(-c3cc(-c4cccc(C(F)(F)F)c4)ccc3Oc3ccc(S(=O)(=O)Nc4ncns4)cc3C#N)ccn2)C1. The molecule has 0 bridgehead atoms. The molecule has 3 heterocycles. The molecule has 6 rings (SSSR count). The third-order valence-electron chi connectivity index (χ3n) is 8.88. The number of anilines is 1. The Balaban J connectivity index is 1.12. The first-order valence-corrected chi connectivity index (χ1v) is 20.6. The Kier molecular flexibility index (Phi) is 15.3. The fraction of sp³-hybridized carbons (Fsp3) is 0.350. The average molecular weight is 855 g/mol. The number of benzene rings is 3. The number of halogens is 3. The number of aromatic nitrogens is 3. The van der Waals surface area contributed by atoms with Gasteiger partial charge in [0.05, 0.1) is 80.7 Å². The van der Waals surface area contributed by atoms with Gasteiger partial charge in [0.2, 0.25) is 5.13 Å². The van der Waals surface area contributed by atoms with Gasteiger partial charge in [-0.25, -0.2) is 13.4 Å². The number of ether oxygens (including phenoxy) is 6. The quantitative estimate of drug-likeness (QED) is 0.0737. The number of likely N-dealkylation sites (tertiary alicyclic amines) is 1. The monoisotopic (exact) mass is 854 g/mol. The van der Waals surface area contributed by atoms with Gasteiger partial charge in [0.15, 0.2) is 0 Å². The summed E-state index contributed by atoms with van der Waals surface area (Å²) in [4.78, 5) is 10.4. The maximum Gasteiger partial charge on any atom is 0.416 e. The van der Waals surface area contributed by atoms with Crippen molar-refractivity contribution in [3.8, 4) is 39.8 Å². The standard InChI is InChI=1S/C40H41F3N6O8S2/c1-52-11-12-53-13-14-54-15-16-55-17-18-56-34-25-49(26-34)24-33-20-30(9-10-45-33)36-22-29(28-3-2-4-32(19-28)40(41,42)43)5-7-38(36)57-37-8-6-35(21-31(37)23-44)59(50,51)48-39-46-27-47-58-39/h2-10,19-22,27,34H,11-18,24-26H2,1H3,(H,46,47,48). The van der Waals surface area contributed by atoms with E-state index in [1.165, 1.54) is 30.6 Å². The summed E-state index contributed by atoms with van der Waals surface area (Å²) >= 11 is 0.855. The van der Waals surface area contributed by atoms with Gasteiger partial charge in [0.1, 0.15) is 23.9 Å². The Morgan fingerprint density at radius 3 is 2.25 bits per heavy atom. The van der Waals surface area contributed by atoms with Crippen LogP contribution in [0.1, 0.15) is 16.8 Å². The molecule has 1 aliphatic rings. The Morgan fingerprint density at radius 2 is 1.56 bits per heavy atom. The summed E-state index contributed by atoms with van der Waals surface area (Å²) in [6.07, 6.45) is -1.64. The van der Waals surface area contributed by atoms with Gasteiger partial charge >= 0.3 is 6.18 Å². The van der Waals surface area contributed by atoms with E-state index >= 15 is 0 Å². The van der Waals surface area contributed by atoms with E-state index in [9.17, 15) is 26.9 Å². The van der Waals surface area contributed by atoms with Gasteiger partial charge in [-0.05, 0) is 71.3 Å². The minimum atomic E-state index is -4.54. The van der Waals surface area contributed by atoms with E-state index in [-0.39, 0.29) is 33.2 Å². The van der Waals surface area contributed by atoms with Crippen LogP contribution >= 0.6 is 11.5 Å². The maximum atomic E-state index is 13.7. The second-order valence-electron chi connectivity index (χ2n) is 13.1. The van der Waals surface area contributed by atoms with E-state index in [0.717, 1.165) is 29.4 Å². The Hall–Kier alpha value is -5.04. The predicted molar refractivity (Wildman–Crippen MR) is 211 cm³/mol. The minimum absolute atomic E-state index is 0.0438. The summed E-state index contributed by atoms with van der Waals surface area (Å²) < 4.78 is 107. The van der Waals surface area contributed by atoms with E-state index in [1.807, 2.05) is 12.1 Å². The Morgan fingerprint density at radius 1 is 0.847 bits per heavy atom. The number of methoxy groups -OCH3 is 1. The molecular weight excluding hydrogens is 814 g/mol. The molecule has 0 radical (unpaired) electrons. The fourth-order valence-corrected chi connectivity index (χ4v) is 7.63. The first-order valence-electron chi connectivity index (χ1n) is 18.4. The van der Waals surface area contributed by atoms with Crippen molar-refractivity contribution in [1.82, 2.24) is 19.2 Å². The van der Waals surface area contributed by atoms with Crippen LogP contribution in [0.5, 0.6) is 11.5 Å². The minimum Gasteiger partial charge on any atom is -0.455 e. The number of rotatable bonds is 22. The van der Waals surface area contributed by atoms with E-state index in [2.05, 4.69) is 24.0 Å². The van der Waals surface area contributed by atoms with E-state index in [4.69, 9.17) is 28.4 Å². The van der Waals surface area contributed by atoms with Crippen LogP contribution in [0.15, 0.2) is 90.2 Å². The van der Waals surface area contributed by atoms with Gasteiger partial charge in [-0.15, -0.1) is 0 Å². The molecule has 14 nitrogen and oxygen atoms in total. The molecule has 19 heteroatoms. The average Bonchev–Trinajstić information content (AvgIpc) is 3.72. The second kappa shape index (κ2) is 20.8. The third kappa shape index (κ3) is 12.5. The zero-order valence-electron chi connectivity index (χ0n) is 31.9. The zero-order valence-corrected chi connectivity index (χ0v) is 33.5. The number of nitrogens with one attached hydrogen (secondary N) is 1. The number of hydrogen-bond donors (Lipinski definition) is 1. The maximum absolute atomic E-state index is 13.7. The summed E-state index contributed by atoms with van der Waals surface area (Å²) in [5, 5.41) is 10.1. The molecule has 1 fully saturated rings. The third-order valence-corrected chi connectivity index (χ3v) is 10.9. The van der Waals surface area contributed by atoms with E-state index < -0.39 is 21.8 Å². The van der Waals surface area contributed by atoms with Crippen molar-refractivity contribution in [3.05, 3.63) is 102 Å². The van der Waals surface area contributed by atoms with Crippen molar-refractivity contribution in [2.45, 2.75) is 23.7 Å². The van der Waals surface area contributed by atoms with Crippen LogP contribution in [-0.4, -0.2) is 107 Å². The highest BCUT2D eigenvalue weighted by Crippen LogP contribution is 2.40. The van der Waals surface area contributed by atoms with E-state index in [0.29, 0.717) is 94.7 Å². The zero-order chi connectivity index (χ0) is 41.7. The van der Waals surface area contributed by atoms with Crippen molar-refractivity contribution in [1.29, 1.82) is 5.26 Å². The fourth-order valence-electron chi connectivity index (χ4n) is 5.94. The lowest BCUT2D eigenvalue weighted by molar-refractivity contribution is -0.137. The largest absolute Gasteiger partial charge is 0.455 e. The van der Waals surface area contributed by atoms with Crippen LogP contribution in [0.2, 0.25) is 0 Å². The molecule has 0 aliphatic carbocycles. The van der Waals surface area contributed by atoms with Crippen LogP contribution in [0, 0.1) is 11.3 Å². The highest BCUT2D eigenvalue weighted by Gasteiger charge is 2.31. The molecule has 5 aromatic rings. The normalized spacial score (nSPS) is 13.5.